The van der Waals surface area contributed by atoms with Crippen molar-refractivity contribution in [2.45, 2.75) is 72.0 Å². The lowest BCUT2D eigenvalue weighted by molar-refractivity contribution is 0.208. The Bertz CT molecular complexity index is 1030. The zero-order chi connectivity index (χ0) is 22.0. The Balaban J connectivity index is 1.71. The highest BCUT2D eigenvalue weighted by Gasteiger charge is 2.26. The van der Waals surface area contributed by atoms with Gasteiger partial charge in [-0.1, -0.05) is 67.4 Å². The van der Waals surface area contributed by atoms with Gasteiger partial charge in [0.1, 0.15) is 5.82 Å². The fourth-order valence-electron chi connectivity index (χ4n) is 5.06. The van der Waals surface area contributed by atoms with Gasteiger partial charge in [0, 0.05) is 24.7 Å². The molecule has 0 spiro atoms. The van der Waals surface area contributed by atoms with Crippen molar-refractivity contribution in [3.63, 3.8) is 0 Å². The maximum atomic E-state index is 6.81. The second-order valence-electron chi connectivity index (χ2n) is 8.97. The normalized spacial score (nSPS) is 16.0. The number of benzene rings is 2. The van der Waals surface area contributed by atoms with E-state index in [9.17, 15) is 0 Å². The van der Waals surface area contributed by atoms with E-state index < -0.39 is 0 Å². The molecule has 1 heterocycles. The lowest BCUT2D eigenvalue weighted by Gasteiger charge is -2.33. The van der Waals surface area contributed by atoms with E-state index in [0.29, 0.717) is 11.2 Å². The third-order valence-corrected chi connectivity index (χ3v) is 7.04. The van der Waals surface area contributed by atoms with Crippen LogP contribution in [0.1, 0.15) is 66.6 Å². The zero-order valence-corrected chi connectivity index (χ0v) is 20.0. The maximum Gasteiger partial charge on any atom is 0.152 e. The summed E-state index contributed by atoms with van der Waals surface area (Å²) in [5, 5.41) is 0.643. The monoisotopic (exact) mass is 435 g/mol. The summed E-state index contributed by atoms with van der Waals surface area (Å²) in [5.41, 5.74) is 7.83. The Morgan fingerprint density at radius 3 is 2.58 bits per heavy atom. The van der Waals surface area contributed by atoms with Gasteiger partial charge in [-0.05, 0) is 68.8 Å². The van der Waals surface area contributed by atoms with Gasteiger partial charge in [-0.2, -0.15) is 0 Å². The van der Waals surface area contributed by atoms with E-state index in [0.717, 1.165) is 37.4 Å². The number of hydrogen-bond acceptors (Lipinski definition) is 2. The van der Waals surface area contributed by atoms with Crippen LogP contribution >= 0.6 is 11.6 Å². The number of aryl methyl sites for hydroxylation is 3. The molecule has 31 heavy (non-hydrogen) atoms. The van der Waals surface area contributed by atoms with E-state index in [-0.39, 0.29) is 0 Å². The molecule has 0 N–H and O–H groups in total. The van der Waals surface area contributed by atoms with Gasteiger partial charge in [0.05, 0.1) is 5.69 Å². The van der Waals surface area contributed by atoms with Crippen LogP contribution in [0.15, 0.2) is 42.5 Å². The van der Waals surface area contributed by atoms with Crippen LogP contribution in [0.3, 0.4) is 0 Å². The van der Waals surface area contributed by atoms with Crippen LogP contribution < -0.4 is 0 Å². The first-order valence-corrected chi connectivity index (χ1v) is 12.0. The molecule has 0 bridgehead atoms. The minimum Gasteiger partial charge on any atom is -0.325 e. The molecule has 4 rings (SSSR count). The second-order valence-corrected chi connectivity index (χ2v) is 9.32. The van der Waals surface area contributed by atoms with Crippen molar-refractivity contribution in [1.82, 2.24) is 14.5 Å². The molecule has 1 aliphatic rings. The summed E-state index contributed by atoms with van der Waals surface area (Å²) >= 11 is 6.81. The summed E-state index contributed by atoms with van der Waals surface area (Å²) in [5.74, 6) is 1.02. The minimum atomic E-state index is 0.430. The van der Waals surface area contributed by atoms with Crippen LogP contribution in [-0.4, -0.2) is 21.5 Å². The summed E-state index contributed by atoms with van der Waals surface area (Å²) in [6.45, 7) is 8.32. The summed E-state index contributed by atoms with van der Waals surface area (Å²) in [6, 6.07) is 15.8. The summed E-state index contributed by atoms with van der Waals surface area (Å²) < 4.78 is 2.38. The van der Waals surface area contributed by atoms with E-state index in [1.165, 1.54) is 47.1 Å². The lowest BCUT2D eigenvalue weighted by Crippen LogP contribution is -2.28. The first-order valence-electron chi connectivity index (χ1n) is 11.6. The number of aromatic nitrogens is 2. The summed E-state index contributed by atoms with van der Waals surface area (Å²) in [7, 11) is 2.24. The van der Waals surface area contributed by atoms with Crippen LogP contribution in [0.2, 0.25) is 5.15 Å². The number of rotatable bonds is 7. The van der Waals surface area contributed by atoms with Crippen molar-refractivity contribution in [2.75, 3.05) is 7.05 Å². The van der Waals surface area contributed by atoms with Crippen LogP contribution in [-0.2, 0) is 19.5 Å². The van der Waals surface area contributed by atoms with Gasteiger partial charge in [0.25, 0.3) is 0 Å². The molecule has 0 amide bonds. The van der Waals surface area contributed by atoms with Crippen LogP contribution in [0.5, 0.6) is 0 Å². The first kappa shape index (κ1) is 22.1. The van der Waals surface area contributed by atoms with Crippen LogP contribution in [0.4, 0.5) is 0 Å². The number of fused-ring (bicyclic) bond motifs is 1. The molecule has 3 nitrogen and oxygen atoms in total. The van der Waals surface area contributed by atoms with E-state index in [2.05, 4.69) is 79.8 Å². The number of unbranched alkanes of at least 4 members (excludes halogenated alkanes) is 1. The van der Waals surface area contributed by atoms with Gasteiger partial charge in [-0.15, -0.1) is 0 Å². The highest BCUT2D eigenvalue weighted by Crippen LogP contribution is 2.36. The van der Waals surface area contributed by atoms with Crippen molar-refractivity contribution in [3.8, 4) is 11.4 Å². The third kappa shape index (κ3) is 4.44. The van der Waals surface area contributed by atoms with Crippen LogP contribution in [0, 0.1) is 13.8 Å². The molecule has 0 fully saturated rings. The van der Waals surface area contributed by atoms with E-state index >= 15 is 0 Å². The molecule has 0 aliphatic heterocycles. The maximum absolute atomic E-state index is 6.81. The van der Waals surface area contributed by atoms with Gasteiger partial charge in [-0.25, -0.2) is 4.98 Å². The van der Waals surface area contributed by atoms with Gasteiger partial charge < -0.3 is 4.57 Å². The molecular formula is C27H34ClN3. The highest BCUT2D eigenvalue weighted by atomic mass is 35.5. The standard InChI is InChI=1S/C27H34ClN3/c1-5-6-17-31-24(26(28)29-27(31)25-19(2)11-9-12-20(25)3)18-30(4)23-16-10-14-21-13-7-8-15-22(21)23/h7-9,11-13,15,23H,5-6,10,14,16-18H2,1-4H3. The van der Waals surface area contributed by atoms with E-state index in [1.54, 1.807) is 0 Å². The molecule has 1 aromatic heterocycles. The fourth-order valence-corrected chi connectivity index (χ4v) is 5.30. The molecule has 164 valence electrons. The quantitative estimate of drug-likeness (QED) is 0.393. The average Bonchev–Trinajstić information content (AvgIpc) is 3.06. The minimum absolute atomic E-state index is 0.430. The fraction of sp³-hybridized carbons (Fsp3) is 0.444. The molecule has 0 radical (unpaired) electrons. The molecule has 2 aromatic carbocycles. The highest BCUT2D eigenvalue weighted by molar-refractivity contribution is 6.30. The van der Waals surface area contributed by atoms with Gasteiger partial charge in [-0.3, -0.25) is 4.90 Å². The number of hydrogen-bond donors (Lipinski definition) is 0. The van der Waals surface area contributed by atoms with Crippen molar-refractivity contribution < 1.29 is 0 Å². The van der Waals surface area contributed by atoms with Crippen molar-refractivity contribution >= 4 is 11.6 Å². The van der Waals surface area contributed by atoms with Gasteiger partial charge in [0.15, 0.2) is 5.15 Å². The zero-order valence-electron chi connectivity index (χ0n) is 19.3. The second kappa shape index (κ2) is 9.58. The van der Waals surface area contributed by atoms with Crippen molar-refractivity contribution in [2.24, 2.45) is 0 Å². The Morgan fingerprint density at radius 2 is 1.84 bits per heavy atom. The van der Waals surface area contributed by atoms with Gasteiger partial charge in [0.2, 0.25) is 0 Å². The molecule has 1 unspecified atom stereocenters. The third-order valence-electron chi connectivity index (χ3n) is 6.73. The summed E-state index contributed by atoms with van der Waals surface area (Å²) in [6.07, 6.45) is 5.88. The van der Waals surface area contributed by atoms with Crippen molar-refractivity contribution in [3.05, 3.63) is 75.6 Å². The predicted molar refractivity (Wildman–Crippen MR) is 131 cm³/mol. The molecule has 3 aromatic rings. The average molecular weight is 436 g/mol. The first-order chi connectivity index (χ1) is 15.0. The van der Waals surface area contributed by atoms with E-state index in [4.69, 9.17) is 16.6 Å². The number of nitrogens with zero attached hydrogens (tertiary/aromatic N) is 3. The largest absolute Gasteiger partial charge is 0.325 e. The molecular weight excluding hydrogens is 402 g/mol. The molecule has 0 saturated heterocycles. The summed E-state index contributed by atoms with van der Waals surface area (Å²) in [4.78, 5) is 7.37. The topological polar surface area (TPSA) is 21.1 Å². The van der Waals surface area contributed by atoms with Crippen molar-refractivity contribution in [1.29, 1.82) is 0 Å². The molecule has 1 atom stereocenters. The Morgan fingerprint density at radius 1 is 1.10 bits per heavy atom. The lowest BCUT2D eigenvalue weighted by atomic mass is 9.87. The molecule has 1 aliphatic carbocycles. The Hall–Kier alpha value is -2.10. The molecule has 0 saturated carbocycles. The van der Waals surface area contributed by atoms with Gasteiger partial charge >= 0.3 is 0 Å². The smallest absolute Gasteiger partial charge is 0.152 e. The Kier molecular flexibility index (Phi) is 6.83. The number of halogens is 1. The Labute approximate surface area is 192 Å². The molecule has 4 heteroatoms. The van der Waals surface area contributed by atoms with E-state index in [1.807, 2.05) is 0 Å². The van der Waals surface area contributed by atoms with Crippen LogP contribution in [0.25, 0.3) is 11.4 Å². The SMILES string of the molecule is CCCCn1c(-c2c(C)cccc2C)nc(Cl)c1CN(C)C1CCCc2ccccc21. The predicted octanol–water partition coefficient (Wildman–Crippen LogP) is 7.13. The number of imidazole rings is 1.